The van der Waals surface area contributed by atoms with E-state index in [0.717, 1.165) is 17.7 Å². The number of rotatable bonds is 6. The van der Waals surface area contributed by atoms with Crippen LogP contribution in [-0.2, 0) is 4.79 Å². The topological polar surface area (TPSA) is 59.3 Å². The van der Waals surface area contributed by atoms with Crippen molar-refractivity contribution in [3.05, 3.63) is 65.2 Å². The predicted molar refractivity (Wildman–Crippen MR) is 92.7 cm³/mol. The third-order valence-electron chi connectivity index (χ3n) is 3.25. The van der Waals surface area contributed by atoms with Gasteiger partial charge >= 0.3 is 5.97 Å². The fourth-order valence-electron chi connectivity index (χ4n) is 1.97. The van der Waals surface area contributed by atoms with Gasteiger partial charge in [0, 0.05) is 5.57 Å². The highest BCUT2D eigenvalue weighted by molar-refractivity contribution is 5.94. The molecule has 0 saturated carbocycles. The molecule has 2 aromatic rings. The van der Waals surface area contributed by atoms with E-state index in [9.17, 15) is 4.79 Å². The number of carbonyl (C=O) groups excluding carboxylic acids is 1. The molecule has 0 N–H and O–H groups in total. The van der Waals surface area contributed by atoms with Crippen molar-refractivity contribution in [2.45, 2.75) is 20.3 Å². The van der Waals surface area contributed by atoms with Crippen LogP contribution >= 0.6 is 0 Å². The summed E-state index contributed by atoms with van der Waals surface area (Å²) in [4.78, 5) is 12.1. The summed E-state index contributed by atoms with van der Waals surface area (Å²) in [5.74, 6) is 0.799. The van der Waals surface area contributed by atoms with E-state index in [2.05, 4.69) is 6.92 Å². The lowest BCUT2D eigenvalue weighted by Crippen LogP contribution is -2.09. The molecular formula is C20H19NO3. The molecule has 0 aliphatic carbocycles. The van der Waals surface area contributed by atoms with E-state index in [1.807, 2.05) is 30.3 Å². The lowest BCUT2D eigenvalue weighted by molar-refractivity contribution is -0.130. The molecular weight excluding hydrogens is 302 g/mol. The average Bonchev–Trinajstić information content (AvgIpc) is 2.61. The first-order chi connectivity index (χ1) is 11.6. The molecule has 0 bridgehead atoms. The van der Waals surface area contributed by atoms with Gasteiger partial charge in [-0.1, -0.05) is 19.1 Å². The molecule has 0 fully saturated rings. The number of carbonyl (C=O) groups is 1. The average molecular weight is 321 g/mol. The third-order valence-corrected chi connectivity index (χ3v) is 3.25. The van der Waals surface area contributed by atoms with Gasteiger partial charge in [0.25, 0.3) is 0 Å². The number of hydrogen-bond acceptors (Lipinski definition) is 4. The van der Waals surface area contributed by atoms with Gasteiger partial charge in [-0.25, -0.2) is 4.79 Å². The van der Waals surface area contributed by atoms with Gasteiger partial charge in [-0.15, -0.1) is 0 Å². The van der Waals surface area contributed by atoms with Gasteiger partial charge < -0.3 is 9.47 Å². The molecule has 0 spiro atoms. The molecule has 0 saturated heterocycles. The van der Waals surface area contributed by atoms with Crippen LogP contribution in [0.3, 0.4) is 0 Å². The molecule has 122 valence electrons. The predicted octanol–water partition coefficient (Wildman–Crippen LogP) is 4.36. The molecule has 2 aromatic carbocycles. The van der Waals surface area contributed by atoms with Crippen molar-refractivity contribution in [3.8, 4) is 17.6 Å². The summed E-state index contributed by atoms with van der Waals surface area (Å²) in [5, 5.41) is 8.75. The second-order valence-electron chi connectivity index (χ2n) is 5.27. The van der Waals surface area contributed by atoms with Crippen LogP contribution in [0.4, 0.5) is 0 Å². The molecule has 4 heteroatoms. The highest BCUT2D eigenvalue weighted by Crippen LogP contribution is 2.17. The van der Waals surface area contributed by atoms with Crippen molar-refractivity contribution in [1.29, 1.82) is 5.26 Å². The Kier molecular flexibility index (Phi) is 6.16. The molecule has 0 aliphatic rings. The summed E-state index contributed by atoms with van der Waals surface area (Å²) in [7, 11) is 0. The molecule has 2 rings (SSSR count). The van der Waals surface area contributed by atoms with E-state index in [4.69, 9.17) is 14.7 Å². The SMILES string of the molecule is CCCOc1ccc(C=C(C)C(=O)Oc2ccc(C#N)cc2)cc1. The third kappa shape index (κ3) is 4.99. The molecule has 0 heterocycles. The van der Waals surface area contributed by atoms with Gasteiger partial charge in [0.1, 0.15) is 11.5 Å². The minimum absolute atomic E-state index is 0.412. The number of benzene rings is 2. The van der Waals surface area contributed by atoms with E-state index in [1.54, 1.807) is 37.3 Å². The smallest absolute Gasteiger partial charge is 0.339 e. The Bertz CT molecular complexity index is 753. The quantitative estimate of drug-likeness (QED) is 0.451. The van der Waals surface area contributed by atoms with Crippen LogP contribution in [0.25, 0.3) is 6.08 Å². The Hall–Kier alpha value is -3.06. The summed E-state index contributed by atoms with van der Waals surface area (Å²) in [6.07, 6.45) is 2.72. The van der Waals surface area contributed by atoms with Crippen molar-refractivity contribution in [3.63, 3.8) is 0 Å². The maximum absolute atomic E-state index is 12.1. The summed E-state index contributed by atoms with van der Waals surface area (Å²) >= 11 is 0. The van der Waals surface area contributed by atoms with Gasteiger partial charge in [-0.3, -0.25) is 0 Å². The van der Waals surface area contributed by atoms with Gasteiger partial charge in [-0.2, -0.15) is 5.26 Å². The molecule has 0 aliphatic heterocycles. The van der Waals surface area contributed by atoms with Crippen molar-refractivity contribution in [1.82, 2.24) is 0 Å². The standard InChI is InChI=1S/C20H19NO3/c1-3-12-23-18-8-4-16(5-9-18)13-15(2)20(22)24-19-10-6-17(14-21)7-11-19/h4-11,13H,3,12H2,1-2H3. The van der Waals surface area contributed by atoms with Crippen LogP contribution in [-0.4, -0.2) is 12.6 Å². The number of nitriles is 1. The molecule has 0 atom stereocenters. The first kappa shape index (κ1) is 17.3. The summed E-state index contributed by atoms with van der Waals surface area (Å²) in [6.45, 7) is 4.44. The van der Waals surface area contributed by atoms with E-state index >= 15 is 0 Å². The highest BCUT2D eigenvalue weighted by atomic mass is 16.5. The van der Waals surface area contributed by atoms with Crippen LogP contribution in [0.1, 0.15) is 31.4 Å². The van der Waals surface area contributed by atoms with Crippen LogP contribution in [0, 0.1) is 11.3 Å². The van der Waals surface area contributed by atoms with Gasteiger partial charge in [0.15, 0.2) is 0 Å². The molecule has 0 amide bonds. The summed E-state index contributed by atoms with van der Waals surface area (Å²) < 4.78 is 10.8. The van der Waals surface area contributed by atoms with Crippen LogP contribution in [0.2, 0.25) is 0 Å². The summed E-state index contributed by atoms with van der Waals surface area (Å²) in [5.41, 5.74) is 1.90. The minimum atomic E-state index is -0.425. The maximum atomic E-state index is 12.1. The molecule has 0 radical (unpaired) electrons. The number of esters is 1. The Morgan fingerprint density at radius 3 is 2.29 bits per heavy atom. The minimum Gasteiger partial charge on any atom is -0.494 e. The fourth-order valence-corrected chi connectivity index (χ4v) is 1.97. The fraction of sp³-hybridized carbons (Fsp3) is 0.200. The molecule has 4 nitrogen and oxygen atoms in total. The van der Waals surface area contributed by atoms with Crippen molar-refractivity contribution in [2.75, 3.05) is 6.61 Å². The van der Waals surface area contributed by atoms with Crippen molar-refractivity contribution in [2.24, 2.45) is 0 Å². The second kappa shape index (κ2) is 8.54. The number of hydrogen-bond donors (Lipinski definition) is 0. The zero-order valence-corrected chi connectivity index (χ0v) is 13.8. The van der Waals surface area contributed by atoms with Gasteiger partial charge in [0.2, 0.25) is 0 Å². The lowest BCUT2D eigenvalue weighted by atomic mass is 10.1. The number of nitrogens with zero attached hydrogens (tertiary/aromatic N) is 1. The van der Waals surface area contributed by atoms with E-state index < -0.39 is 5.97 Å². The molecule has 0 aromatic heterocycles. The van der Waals surface area contributed by atoms with Crippen LogP contribution < -0.4 is 9.47 Å². The molecule has 24 heavy (non-hydrogen) atoms. The van der Waals surface area contributed by atoms with Gasteiger partial charge in [0.05, 0.1) is 18.2 Å². The maximum Gasteiger partial charge on any atom is 0.339 e. The van der Waals surface area contributed by atoms with Gasteiger partial charge in [-0.05, 0) is 61.4 Å². The Balaban J connectivity index is 2.00. The van der Waals surface area contributed by atoms with Crippen LogP contribution in [0.15, 0.2) is 54.1 Å². The van der Waals surface area contributed by atoms with Crippen molar-refractivity contribution < 1.29 is 14.3 Å². The Labute approximate surface area is 141 Å². The zero-order chi connectivity index (χ0) is 17.4. The van der Waals surface area contributed by atoms with Crippen molar-refractivity contribution >= 4 is 12.0 Å². The van der Waals surface area contributed by atoms with E-state index in [-0.39, 0.29) is 0 Å². The zero-order valence-electron chi connectivity index (χ0n) is 13.8. The molecule has 0 unspecified atom stereocenters. The Morgan fingerprint density at radius 1 is 1.08 bits per heavy atom. The monoisotopic (exact) mass is 321 g/mol. The van der Waals surface area contributed by atoms with E-state index in [1.165, 1.54) is 0 Å². The summed E-state index contributed by atoms with van der Waals surface area (Å²) in [6, 6.07) is 16.0. The first-order valence-corrected chi connectivity index (χ1v) is 7.76. The lowest BCUT2D eigenvalue weighted by Gasteiger charge is -2.06. The Morgan fingerprint density at radius 2 is 1.71 bits per heavy atom. The normalized spacial score (nSPS) is 10.8. The first-order valence-electron chi connectivity index (χ1n) is 7.76. The van der Waals surface area contributed by atoms with Crippen LogP contribution in [0.5, 0.6) is 11.5 Å². The highest BCUT2D eigenvalue weighted by Gasteiger charge is 2.08. The second-order valence-corrected chi connectivity index (χ2v) is 5.27. The largest absolute Gasteiger partial charge is 0.494 e. The number of ether oxygens (including phenoxy) is 2. The van der Waals surface area contributed by atoms with E-state index in [0.29, 0.717) is 23.5 Å².